The van der Waals surface area contributed by atoms with Gasteiger partial charge in [0.05, 0.1) is 32.7 Å². The highest BCUT2D eigenvalue weighted by Crippen LogP contribution is 2.44. The molecule has 6 heterocycles. The molecule has 4 aromatic carbocycles. The predicted molar refractivity (Wildman–Crippen MR) is 322 cm³/mol. The Hall–Kier alpha value is -8.91. The number of aromatic nitrogens is 2. The number of nitro groups is 1. The van der Waals surface area contributed by atoms with Crippen molar-refractivity contribution in [1.82, 2.24) is 34.7 Å². The van der Waals surface area contributed by atoms with Crippen LogP contribution >= 0.6 is 11.6 Å². The Balaban J connectivity index is 0.701. The zero-order valence-corrected chi connectivity index (χ0v) is 49.0. The van der Waals surface area contributed by atoms with E-state index in [1.54, 1.807) is 41.4 Å². The third-order valence-corrected chi connectivity index (χ3v) is 18.3. The molecule has 0 saturated carbocycles. The van der Waals surface area contributed by atoms with Crippen LogP contribution in [0.2, 0.25) is 5.02 Å². The first kappa shape index (κ1) is 58.8. The molecule has 1 atom stereocenters. The van der Waals surface area contributed by atoms with Crippen LogP contribution < -0.4 is 25.0 Å². The van der Waals surface area contributed by atoms with Gasteiger partial charge in [0, 0.05) is 112 Å². The van der Waals surface area contributed by atoms with Crippen molar-refractivity contribution in [2.75, 3.05) is 62.6 Å². The summed E-state index contributed by atoms with van der Waals surface area (Å²) in [5, 5.41) is 19.2. The van der Waals surface area contributed by atoms with Crippen molar-refractivity contribution in [1.29, 1.82) is 0 Å². The van der Waals surface area contributed by atoms with Crippen LogP contribution in [-0.2, 0) is 24.4 Å². The van der Waals surface area contributed by atoms with E-state index in [1.165, 1.54) is 47.2 Å². The normalized spacial score (nSPS) is 18.4. The second-order valence-electron chi connectivity index (χ2n) is 23.1. The van der Waals surface area contributed by atoms with Crippen molar-refractivity contribution in [3.05, 3.63) is 152 Å². The molecule has 2 aromatic heterocycles. The number of allylic oxidation sites excluding steroid dienone is 1. The molecule has 86 heavy (non-hydrogen) atoms. The number of hydrogen-bond acceptors (Lipinski definition) is 15. The first-order valence-electron chi connectivity index (χ1n) is 28.7. The third-order valence-electron chi connectivity index (χ3n) is 16.7. The lowest BCUT2D eigenvalue weighted by Gasteiger charge is -2.39. The number of sulfonamides is 1. The summed E-state index contributed by atoms with van der Waals surface area (Å²) in [6, 6.07) is 23.6. The molecule has 6 aromatic rings. The number of likely N-dealkylation sites (tertiary alicyclic amines) is 1. The quantitative estimate of drug-likeness (QED) is 0.0305. The Labute approximate surface area is 501 Å². The Morgan fingerprint density at radius 2 is 1.69 bits per heavy atom. The van der Waals surface area contributed by atoms with E-state index in [4.69, 9.17) is 16.3 Å². The summed E-state index contributed by atoms with van der Waals surface area (Å²) in [5.41, 5.74) is 5.57. The largest absolute Gasteiger partial charge is 0.455 e. The highest BCUT2D eigenvalue weighted by atomic mass is 35.5. The van der Waals surface area contributed by atoms with E-state index < -0.39 is 61.1 Å². The molecular weight excluding hydrogens is 1140 g/mol. The molecular formula is C63H63ClN10O11S. The molecule has 5 aliphatic rings. The fraction of sp³-hybridized carbons (Fsp3) is 0.349. The van der Waals surface area contributed by atoms with Crippen LogP contribution in [0, 0.1) is 33.3 Å². The van der Waals surface area contributed by atoms with Crippen molar-refractivity contribution in [3.63, 3.8) is 0 Å². The average molecular weight is 1200 g/mol. The number of nitrogens with zero attached hydrogens (tertiary/aromatic N) is 6. The highest BCUT2D eigenvalue weighted by molar-refractivity contribution is 7.90. The van der Waals surface area contributed by atoms with Crippen molar-refractivity contribution >= 4 is 90.7 Å². The molecule has 1 unspecified atom stereocenters. The van der Waals surface area contributed by atoms with Gasteiger partial charge in [-0.15, -0.1) is 0 Å². The molecule has 21 nitrogen and oxygen atoms in total. The number of nitro benzene ring substituents is 1. The maximum atomic E-state index is 14.2. The molecule has 444 valence electrons. The van der Waals surface area contributed by atoms with E-state index in [9.17, 15) is 47.3 Å². The van der Waals surface area contributed by atoms with Crippen LogP contribution in [0.15, 0.2) is 114 Å². The number of hydrogen-bond donors (Lipinski definition) is 4. The van der Waals surface area contributed by atoms with E-state index in [2.05, 4.69) is 72.9 Å². The number of benzene rings is 4. The maximum Gasteiger partial charge on any atom is 0.293 e. The number of imide groups is 2. The fourth-order valence-electron chi connectivity index (χ4n) is 11.9. The Bertz CT molecular complexity index is 3950. The van der Waals surface area contributed by atoms with Gasteiger partial charge in [0.15, 0.2) is 0 Å². The monoisotopic (exact) mass is 1200 g/mol. The van der Waals surface area contributed by atoms with Crippen LogP contribution in [-0.4, -0.2) is 132 Å². The molecule has 1 aliphatic carbocycles. The van der Waals surface area contributed by atoms with Gasteiger partial charge in [-0.2, -0.15) is 0 Å². The standard InChI is InChI=1S/C63H63ClN10O11S/c1-63(2)24-20-43(50(35-63)40-10-12-44(64)13-11-40)38-70-28-30-71(31-29-70)45-14-16-48(54(33-45)85-46-32-42-21-25-65-58(42)67-37-46)59(77)69-86(83,84)47-15-17-51(53(34-47)74(81)82)66-36-39-22-26-72(27-23-39)56(76)9-4-3-6-41-7-5-8-49-57(41)62(80)73(61(49)79)52-18-19-55(75)68-60(52)78/h5,7-8,10-17,21,25,32-34,37,39,52,66H,4,9,18-20,22-24,26-31,35-36,38H2,1-2H3,(H,65,67)(H,69,77)(H,68,75,78). The van der Waals surface area contributed by atoms with Gasteiger partial charge < -0.3 is 24.8 Å². The van der Waals surface area contributed by atoms with Crippen molar-refractivity contribution in [3.8, 4) is 23.3 Å². The molecule has 0 bridgehead atoms. The Morgan fingerprint density at radius 1 is 0.907 bits per heavy atom. The maximum absolute atomic E-state index is 14.2. The third kappa shape index (κ3) is 12.9. The minimum atomic E-state index is -4.68. The summed E-state index contributed by atoms with van der Waals surface area (Å²) in [7, 11) is -4.68. The fourth-order valence-corrected chi connectivity index (χ4v) is 13.1. The molecule has 3 saturated heterocycles. The van der Waals surface area contributed by atoms with Gasteiger partial charge in [-0.05, 0) is 122 Å². The van der Waals surface area contributed by atoms with Gasteiger partial charge in [-0.3, -0.25) is 54.0 Å². The minimum absolute atomic E-state index is 0.00337. The number of fused-ring (bicyclic) bond motifs is 2. The van der Waals surface area contributed by atoms with Gasteiger partial charge in [0.2, 0.25) is 17.7 Å². The highest BCUT2D eigenvalue weighted by Gasteiger charge is 2.45. The molecule has 23 heteroatoms. The van der Waals surface area contributed by atoms with Gasteiger partial charge >= 0.3 is 0 Å². The second kappa shape index (κ2) is 24.6. The summed E-state index contributed by atoms with van der Waals surface area (Å²) in [5.74, 6) is 2.63. The first-order chi connectivity index (χ1) is 41.3. The van der Waals surface area contributed by atoms with Gasteiger partial charge in [-0.25, -0.2) is 18.1 Å². The summed E-state index contributed by atoms with van der Waals surface area (Å²) < 4.78 is 36.4. The minimum Gasteiger partial charge on any atom is -0.455 e. The number of pyridine rings is 1. The zero-order chi connectivity index (χ0) is 60.4. The molecule has 11 rings (SSSR count). The summed E-state index contributed by atoms with van der Waals surface area (Å²) >= 11 is 6.27. The summed E-state index contributed by atoms with van der Waals surface area (Å²) in [4.78, 5) is 104. The van der Waals surface area contributed by atoms with Crippen LogP contribution in [0.5, 0.6) is 11.5 Å². The van der Waals surface area contributed by atoms with E-state index in [0.29, 0.717) is 62.0 Å². The second-order valence-corrected chi connectivity index (χ2v) is 25.2. The molecule has 0 spiro atoms. The van der Waals surface area contributed by atoms with Crippen molar-refractivity contribution in [2.24, 2.45) is 11.3 Å². The smallest absolute Gasteiger partial charge is 0.293 e. The van der Waals surface area contributed by atoms with Crippen molar-refractivity contribution < 1.29 is 46.8 Å². The molecule has 4 N–H and O–H groups in total. The number of carbonyl (C=O) groups excluding carboxylic acids is 6. The number of anilines is 2. The first-order valence-corrected chi connectivity index (χ1v) is 30.5. The number of ether oxygens (including phenoxy) is 1. The molecule has 6 amide bonds. The van der Waals surface area contributed by atoms with Gasteiger partial charge in [-0.1, -0.05) is 61.1 Å². The molecule has 3 fully saturated rings. The van der Waals surface area contributed by atoms with E-state index in [-0.39, 0.29) is 76.6 Å². The summed E-state index contributed by atoms with van der Waals surface area (Å²) in [6.07, 6.45) is 7.80. The Kier molecular flexibility index (Phi) is 16.8. The number of piperidine rings is 2. The topological polar surface area (TPSA) is 267 Å². The van der Waals surface area contributed by atoms with Gasteiger partial charge in [0.1, 0.15) is 28.9 Å². The predicted octanol–water partition coefficient (Wildman–Crippen LogP) is 8.71. The van der Waals surface area contributed by atoms with Crippen LogP contribution in [0.1, 0.15) is 114 Å². The number of halogens is 1. The lowest BCUT2D eigenvalue weighted by Crippen LogP contribution is -2.54. The van der Waals surface area contributed by atoms with E-state index in [0.717, 1.165) is 60.9 Å². The van der Waals surface area contributed by atoms with Crippen molar-refractivity contribution in [2.45, 2.75) is 82.6 Å². The Morgan fingerprint density at radius 3 is 2.44 bits per heavy atom. The number of nitrogens with one attached hydrogen (secondary N) is 4. The molecule has 0 radical (unpaired) electrons. The van der Waals surface area contributed by atoms with Gasteiger partial charge in [0.25, 0.3) is 33.4 Å². The van der Waals surface area contributed by atoms with Crippen LogP contribution in [0.4, 0.5) is 17.1 Å². The number of amides is 6. The van der Waals surface area contributed by atoms with E-state index >= 15 is 0 Å². The van der Waals surface area contributed by atoms with Crippen LogP contribution in [0.25, 0.3) is 16.6 Å². The number of carbonyl (C=O) groups is 6. The summed E-state index contributed by atoms with van der Waals surface area (Å²) in [6.45, 7) is 9.57. The number of aromatic amines is 1. The van der Waals surface area contributed by atoms with Crippen LogP contribution in [0.3, 0.4) is 0 Å². The number of piperazine rings is 1. The zero-order valence-electron chi connectivity index (χ0n) is 47.5. The average Bonchev–Trinajstić information content (AvgIpc) is 2.23. The number of rotatable bonds is 16. The molecule has 4 aliphatic heterocycles. The lowest BCUT2D eigenvalue weighted by atomic mass is 9.72. The SMILES string of the molecule is CC1(C)CCC(CN2CCN(c3ccc(C(=O)NS(=O)(=O)c4ccc(NCC5CCN(C(=O)CCC#Cc6cccc7c6C(=O)N(C6CCC(=O)NC6=O)C7=O)CC5)c([N+](=O)[O-])c4)c(Oc4cnc5[nH]ccc5c4)c3)CC2)=C(c2ccc(Cl)cc2)C1. The van der Waals surface area contributed by atoms with E-state index in [1.807, 2.05) is 18.2 Å². The lowest BCUT2D eigenvalue weighted by molar-refractivity contribution is -0.384. The number of H-pyrrole nitrogens is 1.